The molecule has 4 nitrogen and oxygen atoms in total. The minimum atomic E-state index is 0.582. The Balaban J connectivity index is 1.05. The van der Waals surface area contributed by atoms with Gasteiger partial charge in [-0.1, -0.05) is 163 Å². The fourth-order valence-electron chi connectivity index (χ4n) is 9.20. The summed E-state index contributed by atoms with van der Waals surface area (Å²) in [5.41, 5.74) is 15.5. The lowest BCUT2D eigenvalue weighted by Gasteiger charge is -2.27. The van der Waals surface area contributed by atoms with Crippen molar-refractivity contribution in [1.82, 2.24) is 0 Å². The van der Waals surface area contributed by atoms with Gasteiger partial charge in [0.15, 0.2) is 11.2 Å². The molecule has 66 heavy (non-hydrogen) atoms. The van der Waals surface area contributed by atoms with Gasteiger partial charge >= 0.3 is 0 Å². The number of allylic oxidation sites excluding steroid dienone is 7. The summed E-state index contributed by atoms with van der Waals surface area (Å²) in [4.78, 5) is 4.60. The Bertz CT molecular complexity index is 3750. The molecule has 0 fully saturated rings. The van der Waals surface area contributed by atoms with E-state index in [1.807, 2.05) is 18.2 Å². The number of para-hydroxylation sites is 3. The predicted molar refractivity (Wildman–Crippen MR) is 273 cm³/mol. The second-order valence-electron chi connectivity index (χ2n) is 16.4. The quantitative estimate of drug-likeness (QED) is 0.136. The van der Waals surface area contributed by atoms with E-state index in [1.54, 1.807) is 0 Å². The molecule has 2 heterocycles. The second kappa shape index (κ2) is 16.6. The average Bonchev–Trinajstić information content (AvgIpc) is 3.68. The third kappa shape index (κ3) is 7.05. The van der Waals surface area contributed by atoms with Crippen molar-refractivity contribution >= 4 is 72.3 Å². The van der Waals surface area contributed by atoms with Gasteiger partial charge in [-0.15, -0.1) is 0 Å². The number of hydrogen-bond acceptors (Lipinski definition) is 4. The Morgan fingerprint density at radius 2 is 0.955 bits per heavy atom. The van der Waals surface area contributed by atoms with E-state index >= 15 is 0 Å². The molecule has 0 aliphatic heterocycles. The highest BCUT2D eigenvalue weighted by atomic mass is 16.3. The molecule has 2 aliphatic carbocycles. The minimum absolute atomic E-state index is 0.582. The zero-order chi connectivity index (χ0) is 43.8. The lowest BCUT2D eigenvalue weighted by atomic mass is 10.0. The number of fused-ring (bicyclic) bond motifs is 6. The molecule has 0 saturated carbocycles. The van der Waals surface area contributed by atoms with Gasteiger partial charge in [-0.05, 0) is 101 Å². The van der Waals surface area contributed by atoms with Gasteiger partial charge < -0.3 is 18.6 Å². The lowest BCUT2D eigenvalue weighted by molar-refractivity contribution is 0.668. The summed E-state index contributed by atoms with van der Waals surface area (Å²) in [6, 6.07) is 66.1. The standard InChI is InChI=1S/C62H40N2O2/c1-2-6-22-45(21-5-1)48-23-11-12-24-51(41-48)63(49-35-31-46(32-36-49)43-17-7-3-8-18-43)57-28-15-26-54-55-27-16-29-58(62(55)66-61(54)57)64(50-37-33-47(34-38-50)44-19-9-4-10-20-44)52-39-40-60-56(42-52)53-25-13-14-30-59(53)65-60/h1,3-5,7-10,13-21,24-42H,2,12H2. The third-order valence-corrected chi connectivity index (χ3v) is 12.4. The molecule has 0 amide bonds. The maximum absolute atomic E-state index is 7.33. The molecule has 0 spiro atoms. The first kappa shape index (κ1) is 38.7. The Hall–Kier alpha value is -8.96. The van der Waals surface area contributed by atoms with Crippen LogP contribution >= 0.6 is 0 Å². The molecule has 0 saturated heterocycles. The van der Waals surface area contributed by atoms with E-state index in [0.29, 0.717) is 12.8 Å². The van der Waals surface area contributed by atoms with Crippen molar-refractivity contribution in [3.8, 4) is 45.9 Å². The zero-order valence-corrected chi connectivity index (χ0v) is 35.9. The van der Waals surface area contributed by atoms with Crippen molar-refractivity contribution in [2.75, 3.05) is 9.80 Å². The minimum Gasteiger partial charge on any atom is -0.456 e. The largest absolute Gasteiger partial charge is 0.456 e. The maximum atomic E-state index is 7.33. The van der Waals surface area contributed by atoms with Crippen LogP contribution in [0.4, 0.5) is 28.4 Å². The van der Waals surface area contributed by atoms with Crippen LogP contribution in [0.25, 0.3) is 66.1 Å². The summed E-state index contributed by atoms with van der Waals surface area (Å²) in [5.74, 6) is 13.5. The molecule has 0 bridgehead atoms. The summed E-state index contributed by atoms with van der Waals surface area (Å²) >= 11 is 0. The first-order valence-corrected chi connectivity index (χ1v) is 22.3. The van der Waals surface area contributed by atoms with Gasteiger partial charge in [-0.3, -0.25) is 0 Å². The Morgan fingerprint density at radius 1 is 0.409 bits per heavy atom. The highest BCUT2D eigenvalue weighted by Crippen LogP contribution is 2.47. The normalized spacial score (nSPS) is 13.2. The van der Waals surface area contributed by atoms with Crippen LogP contribution in [0.5, 0.6) is 0 Å². The number of nitrogens with zero attached hydrogens (tertiary/aromatic N) is 2. The van der Waals surface area contributed by atoms with Gasteiger partial charge in [0, 0.05) is 68.3 Å². The van der Waals surface area contributed by atoms with Gasteiger partial charge in [-0.25, -0.2) is 0 Å². The molecule has 4 heteroatoms. The number of furan rings is 2. The fourth-order valence-corrected chi connectivity index (χ4v) is 9.20. The zero-order valence-electron chi connectivity index (χ0n) is 35.9. The Kier molecular flexibility index (Phi) is 9.75. The van der Waals surface area contributed by atoms with Crippen LogP contribution in [-0.2, 0) is 0 Å². The number of benzene rings is 8. The summed E-state index contributed by atoms with van der Waals surface area (Å²) < 4.78 is 13.6. The van der Waals surface area contributed by atoms with E-state index in [9.17, 15) is 0 Å². The van der Waals surface area contributed by atoms with Gasteiger partial charge in [0.1, 0.15) is 11.2 Å². The molecule has 310 valence electrons. The van der Waals surface area contributed by atoms with E-state index in [0.717, 1.165) is 106 Å². The SMILES string of the molecule is C1#CC(C2=CC(N(c3ccc(-c4ccccc4)cc3)c3cccc4c3oc3c(N(c5ccc(-c6ccccc6)cc5)c5ccc6oc7ccccc7c6c5)cccc34)=CCC#C2)=CC=CC1. The van der Waals surface area contributed by atoms with Gasteiger partial charge in [0.05, 0.1) is 11.4 Å². The van der Waals surface area contributed by atoms with Crippen LogP contribution < -0.4 is 9.80 Å². The molecule has 2 aliphatic rings. The fraction of sp³-hybridized carbons (Fsp3) is 0.0323. The van der Waals surface area contributed by atoms with Crippen molar-refractivity contribution in [1.29, 1.82) is 0 Å². The van der Waals surface area contributed by atoms with Crippen molar-refractivity contribution < 1.29 is 8.83 Å². The average molecular weight is 845 g/mol. The number of anilines is 5. The molecule has 10 aromatic rings. The summed E-state index contributed by atoms with van der Waals surface area (Å²) in [7, 11) is 0. The smallest absolute Gasteiger partial charge is 0.159 e. The van der Waals surface area contributed by atoms with Crippen LogP contribution in [0.3, 0.4) is 0 Å². The van der Waals surface area contributed by atoms with Crippen LogP contribution in [0, 0.1) is 23.7 Å². The summed E-state index contributed by atoms with van der Waals surface area (Å²) in [5, 5.41) is 4.16. The monoisotopic (exact) mass is 844 g/mol. The Labute approximate surface area is 383 Å². The summed E-state index contributed by atoms with van der Waals surface area (Å²) in [6.45, 7) is 0. The van der Waals surface area contributed by atoms with Crippen LogP contribution in [-0.4, -0.2) is 0 Å². The molecule has 0 N–H and O–H groups in total. The van der Waals surface area contributed by atoms with E-state index in [1.165, 1.54) is 5.56 Å². The van der Waals surface area contributed by atoms with E-state index in [2.05, 4.69) is 234 Å². The van der Waals surface area contributed by atoms with Crippen LogP contribution in [0.2, 0.25) is 0 Å². The van der Waals surface area contributed by atoms with Gasteiger partial charge in [0.25, 0.3) is 0 Å². The van der Waals surface area contributed by atoms with E-state index < -0.39 is 0 Å². The molecular weight excluding hydrogens is 805 g/mol. The molecule has 8 aromatic carbocycles. The highest BCUT2D eigenvalue weighted by Gasteiger charge is 2.25. The summed E-state index contributed by atoms with van der Waals surface area (Å²) in [6.07, 6.45) is 11.9. The van der Waals surface area contributed by atoms with Crippen molar-refractivity contribution in [3.63, 3.8) is 0 Å². The third-order valence-electron chi connectivity index (χ3n) is 12.4. The molecule has 2 aromatic heterocycles. The first-order chi connectivity index (χ1) is 32.7. The Morgan fingerprint density at radius 3 is 1.65 bits per heavy atom. The van der Waals surface area contributed by atoms with E-state index in [4.69, 9.17) is 8.83 Å². The van der Waals surface area contributed by atoms with Crippen molar-refractivity contribution in [2.45, 2.75) is 12.8 Å². The molecular formula is C62H40N2O2. The molecule has 0 atom stereocenters. The van der Waals surface area contributed by atoms with Gasteiger partial charge in [-0.2, -0.15) is 0 Å². The molecule has 0 unspecified atom stereocenters. The predicted octanol–water partition coefficient (Wildman–Crippen LogP) is 16.5. The first-order valence-electron chi connectivity index (χ1n) is 22.3. The number of hydrogen-bond donors (Lipinski definition) is 0. The van der Waals surface area contributed by atoms with Crippen molar-refractivity contribution in [3.05, 3.63) is 235 Å². The van der Waals surface area contributed by atoms with Crippen LogP contribution in [0.15, 0.2) is 244 Å². The van der Waals surface area contributed by atoms with Gasteiger partial charge in [0.2, 0.25) is 0 Å². The molecule has 12 rings (SSSR count). The van der Waals surface area contributed by atoms with Crippen LogP contribution in [0.1, 0.15) is 12.8 Å². The molecule has 0 radical (unpaired) electrons. The van der Waals surface area contributed by atoms with Crippen molar-refractivity contribution in [2.24, 2.45) is 0 Å². The maximum Gasteiger partial charge on any atom is 0.159 e. The second-order valence-corrected chi connectivity index (χ2v) is 16.4. The lowest BCUT2D eigenvalue weighted by Crippen LogP contribution is -2.16. The number of rotatable bonds is 9. The van der Waals surface area contributed by atoms with E-state index in [-0.39, 0.29) is 0 Å². The topological polar surface area (TPSA) is 32.8 Å². The highest BCUT2D eigenvalue weighted by molar-refractivity contribution is 6.14.